The first-order valence-electron chi connectivity index (χ1n) is 8.43. The van der Waals surface area contributed by atoms with Gasteiger partial charge in [-0.2, -0.15) is 0 Å². The summed E-state index contributed by atoms with van der Waals surface area (Å²) in [7, 11) is -1.90. The largest absolute Gasteiger partial charge is 0.392 e. The summed E-state index contributed by atoms with van der Waals surface area (Å²) in [5, 5.41) is 10.5. The Morgan fingerprint density at radius 3 is 2.09 bits per heavy atom. The number of rotatable bonds is 7. The van der Waals surface area contributed by atoms with Gasteiger partial charge in [-0.05, 0) is 48.4 Å². The fourth-order valence-corrected chi connectivity index (χ4v) is 3.54. The molecule has 2 nitrogen and oxygen atoms in total. The third kappa shape index (κ3) is 4.93. The minimum Gasteiger partial charge on any atom is -0.392 e. The van der Waals surface area contributed by atoms with Gasteiger partial charge in [-0.15, -0.1) is 0 Å². The molecule has 22 heavy (non-hydrogen) atoms. The van der Waals surface area contributed by atoms with Crippen molar-refractivity contribution in [1.29, 1.82) is 0 Å². The maximum atomic E-state index is 10.4. The van der Waals surface area contributed by atoms with Gasteiger partial charge in [-0.1, -0.05) is 65.0 Å². The van der Waals surface area contributed by atoms with Crippen LogP contribution < -0.4 is 0 Å². The Bertz CT molecular complexity index is 450. The van der Waals surface area contributed by atoms with Crippen LogP contribution in [-0.2, 0) is 9.84 Å². The first-order chi connectivity index (χ1) is 10.0. The van der Waals surface area contributed by atoms with E-state index in [4.69, 9.17) is 4.43 Å². The lowest BCUT2D eigenvalue weighted by Gasteiger charge is -2.38. The van der Waals surface area contributed by atoms with Gasteiger partial charge in [-0.25, -0.2) is 0 Å². The molecule has 0 aliphatic carbocycles. The Morgan fingerprint density at radius 2 is 1.64 bits per heavy atom. The van der Waals surface area contributed by atoms with Gasteiger partial charge >= 0.3 is 0 Å². The molecule has 0 heterocycles. The Kier molecular flexibility index (Phi) is 6.43. The van der Waals surface area contributed by atoms with Crippen LogP contribution in [0.4, 0.5) is 0 Å². The van der Waals surface area contributed by atoms with Gasteiger partial charge in [0.2, 0.25) is 0 Å². The molecule has 0 fully saturated rings. The monoisotopic (exact) mass is 322 g/mol. The first-order valence-corrected chi connectivity index (χ1v) is 11.3. The van der Waals surface area contributed by atoms with Crippen molar-refractivity contribution in [2.24, 2.45) is 0 Å². The Morgan fingerprint density at radius 1 is 1.09 bits per heavy atom. The van der Waals surface area contributed by atoms with Crippen LogP contribution in [0.1, 0.15) is 59.4 Å². The molecule has 0 amide bonds. The standard InChI is InChI=1S/C19H34O2Si/c1-8-19(5,16-12-10-9-11-13-16)15-14-17(20)21-22(6,7)18(2,3)4/h9-13,17,20H,8,14-15H2,1-7H3/t17-,19-/m0/s1. The minimum absolute atomic E-state index is 0.0963. The van der Waals surface area contributed by atoms with Crippen molar-refractivity contribution in [3.63, 3.8) is 0 Å². The van der Waals surface area contributed by atoms with E-state index in [9.17, 15) is 5.11 Å². The van der Waals surface area contributed by atoms with Gasteiger partial charge in [-0.3, -0.25) is 0 Å². The lowest BCUT2D eigenvalue weighted by Crippen LogP contribution is -2.44. The second kappa shape index (κ2) is 7.29. The molecule has 1 aromatic rings. The molecular weight excluding hydrogens is 288 g/mol. The highest BCUT2D eigenvalue weighted by Gasteiger charge is 2.39. The maximum absolute atomic E-state index is 10.4. The Balaban J connectivity index is 2.68. The van der Waals surface area contributed by atoms with E-state index in [1.807, 2.05) is 0 Å². The van der Waals surface area contributed by atoms with E-state index in [1.165, 1.54) is 5.56 Å². The van der Waals surface area contributed by atoms with Gasteiger partial charge in [0.1, 0.15) is 6.29 Å². The molecule has 1 rings (SSSR count). The van der Waals surface area contributed by atoms with Crippen molar-refractivity contribution >= 4 is 8.32 Å². The predicted molar refractivity (Wildman–Crippen MR) is 97.6 cm³/mol. The van der Waals surface area contributed by atoms with Crippen LogP contribution >= 0.6 is 0 Å². The molecule has 126 valence electrons. The van der Waals surface area contributed by atoms with E-state index in [1.54, 1.807) is 0 Å². The zero-order chi connectivity index (χ0) is 17.0. The average Bonchev–Trinajstić information content (AvgIpc) is 2.44. The zero-order valence-electron chi connectivity index (χ0n) is 15.4. The second-order valence-electron chi connectivity index (χ2n) is 8.15. The zero-order valence-corrected chi connectivity index (χ0v) is 16.4. The van der Waals surface area contributed by atoms with E-state index in [2.05, 4.69) is 78.0 Å². The van der Waals surface area contributed by atoms with E-state index in [-0.39, 0.29) is 10.5 Å². The molecular formula is C19H34O2Si. The molecule has 0 spiro atoms. The summed E-state index contributed by atoms with van der Waals surface area (Å²) in [6, 6.07) is 10.6. The summed E-state index contributed by atoms with van der Waals surface area (Å²) in [4.78, 5) is 0. The molecule has 0 bridgehead atoms. The highest BCUT2D eigenvalue weighted by atomic mass is 28.4. The molecule has 3 heteroatoms. The molecule has 0 radical (unpaired) electrons. The molecule has 2 atom stereocenters. The Labute approximate surface area is 138 Å². The lowest BCUT2D eigenvalue weighted by atomic mass is 9.76. The van der Waals surface area contributed by atoms with Crippen molar-refractivity contribution in [1.82, 2.24) is 0 Å². The first kappa shape index (κ1) is 19.4. The number of benzene rings is 1. The summed E-state index contributed by atoms with van der Waals surface area (Å²) in [6.07, 6.45) is 2.02. The van der Waals surface area contributed by atoms with Crippen LogP contribution in [0.2, 0.25) is 18.1 Å². The van der Waals surface area contributed by atoms with Crippen molar-refractivity contribution in [3.8, 4) is 0 Å². The van der Waals surface area contributed by atoms with Crippen molar-refractivity contribution < 1.29 is 9.53 Å². The van der Waals surface area contributed by atoms with Gasteiger partial charge in [0.05, 0.1) is 0 Å². The summed E-state index contributed by atoms with van der Waals surface area (Å²) >= 11 is 0. The van der Waals surface area contributed by atoms with Crippen molar-refractivity contribution in [2.45, 2.75) is 83.7 Å². The molecule has 0 saturated carbocycles. The maximum Gasteiger partial charge on any atom is 0.195 e. The SMILES string of the molecule is CC[C@@](C)(CC[C@@H](O)O[Si](C)(C)C(C)(C)C)c1ccccc1. The van der Waals surface area contributed by atoms with E-state index in [0.29, 0.717) is 6.42 Å². The van der Waals surface area contributed by atoms with Gasteiger partial charge in [0.15, 0.2) is 8.32 Å². The fourth-order valence-electron chi connectivity index (χ4n) is 2.38. The summed E-state index contributed by atoms with van der Waals surface area (Å²) in [6.45, 7) is 15.5. The van der Waals surface area contributed by atoms with Crippen LogP contribution in [0.5, 0.6) is 0 Å². The topological polar surface area (TPSA) is 29.5 Å². The van der Waals surface area contributed by atoms with Gasteiger partial charge < -0.3 is 9.53 Å². The number of aliphatic hydroxyl groups is 1. The van der Waals surface area contributed by atoms with Crippen LogP contribution in [0.15, 0.2) is 30.3 Å². The molecule has 0 saturated heterocycles. The smallest absolute Gasteiger partial charge is 0.195 e. The highest BCUT2D eigenvalue weighted by molar-refractivity contribution is 6.74. The van der Waals surface area contributed by atoms with E-state index < -0.39 is 14.6 Å². The summed E-state index contributed by atoms with van der Waals surface area (Å²) < 4.78 is 6.07. The van der Waals surface area contributed by atoms with Gasteiger partial charge in [0.25, 0.3) is 0 Å². The predicted octanol–water partition coefficient (Wildman–Crippen LogP) is 5.47. The lowest BCUT2D eigenvalue weighted by molar-refractivity contribution is -0.0386. The normalized spacial score (nSPS) is 17.1. The quantitative estimate of drug-likeness (QED) is 0.532. The van der Waals surface area contributed by atoms with Crippen LogP contribution in [0.25, 0.3) is 0 Å². The average molecular weight is 323 g/mol. The van der Waals surface area contributed by atoms with E-state index in [0.717, 1.165) is 12.8 Å². The minimum atomic E-state index is -1.90. The molecule has 0 unspecified atom stereocenters. The molecule has 0 aromatic heterocycles. The second-order valence-corrected chi connectivity index (χ2v) is 12.9. The fraction of sp³-hybridized carbons (Fsp3) is 0.684. The highest BCUT2D eigenvalue weighted by Crippen LogP contribution is 2.38. The third-order valence-electron chi connectivity index (χ3n) is 5.43. The summed E-state index contributed by atoms with van der Waals surface area (Å²) in [5.41, 5.74) is 1.44. The van der Waals surface area contributed by atoms with Gasteiger partial charge in [0, 0.05) is 0 Å². The molecule has 0 aliphatic heterocycles. The molecule has 1 aromatic carbocycles. The summed E-state index contributed by atoms with van der Waals surface area (Å²) in [5.74, 6) is 0. The molecule has 0 aliphatic rings. The van der Waals surface area contributed by atoms with Crippen molar-refractivity contribution in [3.05, 3.63) is 35.9 Å². The van der Waals surface area contributed by atoms with Crippen molar-refractivity contribution in [2.75, 3.05) is 0 Å². The van der Waals surface area contributed by atoms with Crippen LogP contribution in [0.3, 0.4) is 0 Å². The van der Waals surface area contributed by atoms with Crippen LogP contribution in [0, 0.1) is 0 Å². The Hall–Kier alpha value is -0.643. The number of aliphatic hydroxyl groups excluding tert-OH is 1. The number of hydrogen-bond donors (Lipinski definition) is 1. The van der Waals surface area contributed by atoms with E-state index >= 15 is 0 Å². The molecule has 1 N–H and O–H groups in total. The third-order valence-corrected chi connectivity index (χ3v) is 9.90. The van der Waals surface area contributed by atoms with Crippen LogP contribution in [-0.4, -0.2) is 19.7 Å². The number of hydrogen-bond acceptors (Lipinski definition) is 2.